The molecular formula is C18H17ClF2N2O. The minimum Gasteiger partial charge on any atom is -0.322 e. The number of carbonyl (C=O) groups is 1. The lowest BCUT2D eigenvalue weighted by atomic mass is 10.2. The summed E-state index contributed by atoms with van der Waals surface area (Å²) in [6, 6.07) is 10.8. The maximum absolute atomic E-state index is 14.0. The van der Waals surface area contributed by atoms with Crippen molar-refractivity contribution in [3.05, 3.63) is 64.7 Å². The number of para-hydroxylation sites is 1. The Morgan fingerprint density at radius 2 is 1.83 bits per heavy atom. The van der Waals surface area contributed by atoms with E-state index in [9.17, 15) is 13.6 Å². The number of hydrogen-bond donors (Lipinski definition) is 1. The van der Waals surface area contributed by atoms with Crippen molar-refractivity contribution in [1.29, 1.82) is 0 Å². The van der Waals surface area contributed by atoms with Gasteiger partial charge in [0.1, 0.15) is 11.6 Å². The van der Waals surface area contributed by atoms with Crippen molar-refractivity contribution in [3.63, 3.8) is 0 Å². The summed E-state index contributed by atoms with van der Waals surface area (Å²) in [4.78, 5) is 14.1. The third-order valence-electron chi connectivity index (χ3n) is 3.98. The Bertz CT molecular complexity index is 729. The van der Waals surface area contributed by atoms with E-state index in [4.69, 9.17) is 11.6 Å². The molecule has 0 bridgehead atoms. The quantitative estimate of drug-likeness (QED) is 0.846. The number of benzene rings is 2. The summed E-state index contributed by atoms with van der Waals surface area (Å²) >= 11 is 6.07. The van der Waals surface area contributed by atoms with E-state index in [0.717, 1.165) is 12.8 Å². The highest BCUT2D eigenvalue weighted by Crippen LogP contribution is 2.30. The van der Waals surface area contributed by atoms with Crippen LogP contribution < -0.4 is 5.32 Å². The largest absolute Gasteiger partial charge is 0.322 e. The molecule has 0 aromatic heterocycles. The molecule has 126 valence electrons. The van der Waals surface area contributed by atoms with Crippen LogP contribution in [-0.4, -0.2) is 23.4 Å². The number of hydrogen-bond acceptors (Lipinski definition) is 2. The number of rotatable bonds is 6. The first-order valence-corrected chi connectivity index (χ1v) is 8.13. The average Bonchev–Trinajstić information content (AvgIpc) is 3.37. The van der Waals surface area contributed by atoms with Crippen LogP contribution in [0, 0.1) is 11.6 Å². The van der Waals surface area contributed by atoms with Crippen molar-refractivity contribution in [2.45, 2.75) is 25.4 Å². The molecular weight excluding hydrogens is 334 g/mol. The van der Waals surface area contributed by atoms with Gasteiger partial charge in [-0.3, -0.25) is 9.69 Å². The van der Waals surface area contributed by atoms with Gasteiger partial charge in [-0.05, 0) is 37.1 Å². The van der Waals surface area contributed by atoms with E-state index in [1.165, 1.54) is 18.2 Å². The summed E-state index contributed by atoms with van der Waals surface area (Å²) in [6.45, 7) is 0.310. The highest BCUT2D eigenvalue weighted by molar-refractivity contribution is 6.31. The normalized spacial score (nSPS) is 14.0. The molecule has 1 amide bonds. The first-order valence-electron chi connectivity index (χ1n) is 7.76. The van der Waals surface area contributed by atoms with Crippen LogP contribution in [0.25, 0.3) is 0 Å². The van der Waals surface area contributed by atoms with Gasteiger partial charge >= 0.3 is 0 Å². The van der Waals surface area contributed by atoms with Gasteiger partial charge in [0.15, 0.2) is 0 Å². The topological polar surface area (TPSA) is 32.3 Å². The fourth-order valence-electron chi connectivity index (χ4n) is 2.58. The summed E-state index contributed by atoms with van der Waals surface area (Å²) in [7, 11) is 0. The van der Waals surface area contributed by atoms with Gasteiger partial charge in [-0.2, -0.15) is 0 Å². The predicted molar refractivity (Wildman–Crippen MR) is 89.9 cm³/mol. The molecule has 1 N–H and O–H groups in total. The molecule has 1 saturated carbocycles. The maximum Gasteiger partial charge on any atom is 0.238 e. The van der Waals surface area contributed by atoms with Gasteiger partial charge in [-0.25, -0.2) is 8.78 Å². The molecule has 0 saturated heterocycles. The van der Waals surface area contributed by atoms with Crippen LogP contribution in [0.1, 0.15) is 18.4 Å². The van der Waals surface area contributed by atoms with Gasteiger partial charge in [0.2, 0.25) is 5.91 Å². The van der Waals surface area contributed by atoms with Crippen LogP contribution in [0.2, 0.25) is 5.02 Å². The Kier molecular flexibility index (Phi) is 5.11. The highest BCUT2D eigenvalue weighted by Gasteiger charge is 2.31. The van der Waals surface area contributed by atoms with Crippen LogP contribution in [0.15, 0.2) is 42.5 Å². The summed E-state index contributed by atoms with van der Waals surface area (Å²) in [6.07, 6.45) is 1.91. The molecule has 0 aliphatic heterocycles. The molecule has 1 aliphatic carbocycles. The Balaban J connectivity index is 1.68. The van der Waals surface area contributed by atoms with Crippen LogP contribution in [0.4, 0.5) is 14.5 Å². The van der Waals surface area contributed by atoms with Crippen LogP contribution in [0.3, 0.4) is 0 Å². The Morgan fingerprint density at radius 3 is 2.50 bits per heavy atom. The summed E-state index contributed by atoms with van der Waals surface area (Å²) in [5, 5.41) is 2.90. The van der Waals surface area contributed by atoms with E-state index in [-0.39, 0.29) is 36.5 Å². The number of halogens is 3. The third kappa shape index (κ3) is 4.10. The van der Waals surface area contributed by atoms with Gasteiger partial charge in [0, 0.05) is 23.2 Å². The Morgan fingerprint density at radius 1 is 1.12 bits per heavy atom. The van der Waals surface area contributed by atoms with Crippen LogP contribution in [-0.2, 0) is 11.3 Å². The van der Waals surface area contributed by atoms with E-state index in [1.807, 2.05) is 4.90 Å². The van der Waals surface area contributed by atoms with Crippen molar-refractivity contribution < 1.29 is 13.6 Å². The van der Waals surface area contributed by atoms with E-state index in [2.05, 4.69) is 5.32 Å². The van der Waals surface area contributed by atoms with Gasteiger partial charge in [-0.1, -0.05) is 29.8 Å². The van der Waals surface area contributed by atoms with Crippen molar-refractivity contribution in [1.82, 2.24) is 4.90 Å². The van der Waals surface area contributed by atoms with E-state index in [1.54, 1.807) is 24.3 Å². The molecule has 3 nitrogen and oxygen atoms in total. The summed E-state index contributed by atoms with van der Waals surface area (Å²) < 4.78 is 27.6. The smallest absolute Gasteiger partial charge is 0.238 e. The first kappa shape index (κ1) is 16.9. The number of amides is 1. The summed E-state index contributed by atoms with van der Waals surface area (Å²) in [5.74, 6) is -1.21. The van der Waals surface area contributed by atoms with E-state index < -0.39 is 5.82 Å². The molecule has 0 heterocycles. The average molecular weight is 351 g/mol. The third-order valence-corrected chi connectivity index (χ3v) is 4.33. The summed E-state index contributed by atoms with van der Waals surface area (Å²) in [5.41, 5.74) is 0.520. The molecule has 0 spiro atoms. The lowest BCUT2D eigenvalue weighted by Crippen LogP contribution is -2.35. The van der Waals surface area contributed by atoms with Gasteiger partial charge in [0.25, 0.3) is 0 Å². The van der Waals surface area contributed by atoms with Crippen LogP contribution in [0.5, 0.6) is 0 Å². The molecule has 1 aliphatic rings. The Labute approximate surface area is 144 Å². The first-order chi connectivity index (χ1) is 11.5. The zero-order valence-corrected chi connectivity index (χ0v) is 13.7. The molecule has 2 aromatic rings. The zero-order chi connectivity index (χ0) is 17.1. The molecule has 0 radical (unpaired) electrons. The van der Waals surface area contributed by atoms with Gasteiger partial charge in [0.05, 0.1) is 12.2 Å². The molecule has 0 unspecified atom stereocenters. The molecule has 2 aromatic carbocycles. The molecule has 24 heavy (non-hydrogen) atoms. The lowest BCUT2D eigenvalue weighted by Gasteiger charge is -2.22. The lowest BCUT2D eigenvalue weighted by molar-refractivity contribution is -0.117. The van der Waals surface area contributed by atoms with Crippen molar-refractivity contribution in [3.8, 4) is 0 Å². The second kappa shape index (κ2) is 7.28. The Hall–Kier alpha value is -1.98. The van der Waals surface area contributed by atoms with Crippen LogP contribution >= 0.6 is 11.6 Å². The van der Waals surface area contributed by atoms with E-state index in [0.29, 0.717) is 10.6 Å². The van der Waals surface area contributed by atoms with Crippen molar-refractivity contribution in [2.75, 3.05) is 11.9 Å². The molecule has 3 rings (SSSR count). The fourth-order valence-corrected chi connectivity index (χ4v) is 2.80. The van der Waals surface area contributed by atoms with Crippen molar-refractivity contribution in [2.24, 2.45) is 0 Å². The number of anilines is 1. The molecule has 1 fully saturated rings. The highest BCUT2D eigenvalue weighted by atomic mass is 35.5. The monoisotopic (exact) mass is 350 g/mol. The maximum atomic E-state index is 14.0. The van der Waals surface area contributed by atoms with E-state index >= 15 is 0 Å². The number of nitrogens with one attached hydrogen (secondary N) is 1. The second-order valence-corrected chi connectivity index (χ2v) is 6.27. The zero-order valence-electron chi connectivity index (χ0n) is 12.9. The number of carbonyl (C=O) groups excluding carboxylic acids is 1. The number of nitrogens with zero attached hydrogens (tertiary/aromatic N) is 1. The fraction of sp³-hybridized carbons (Fsp3) is 0.278. The molecule has 6 heteroatoms. The predicted octanol–water partition coefficient (Wildman–Crippen LogP) is 4.22. The van der Waals surface area contributed by atoms with Crippen molar-refractivity contribution >= 4 is 23.2 Å². The standard InChI is InChI=1S/C18H17ClF2N2O/c19-14-4-3-6-15(20)13(14)10-23(12-8-9-12)11-18(24)22-17-7-2-1-5-16(17)21/h1-7,12H,8-11H2,(H,22,24). The van der Waals surface area contributed by atoms with Gasteiger partial charge < -0.3 is 5.32 Å². The minimum atomic E-state index is -0.485. The van der Waals surface area contributed by atoms with Gasteiger partial charge in [-0.15, -0.1) is 0 Å². The second-order valence-electron chi connectivity index (χ2n) is 5.86. The minimum absolute atomic E-state index is 0.0592. The molecule has 0 atom stereocenters. The SMILES string of the molecule is O=C(CN(Cc1c(F)cccc1Cl)C1CC1)Nc1ccccc1F.